The summed E-state index contributed by atoms with van der Waals surface area (Å²) in [4.78, 5) is 19.1. The van der Waals surface area contributed by atoms with Crippen molar-refractivity contribution in [2.24, 2.45) is 5.41 Å². The van der Waals surface area contributed by atoms with Gasteiger partial charge in [-0.2, -0.15) is 0 Å². The summed E-state index contributed by atoms with van der Waals surface area (Å²) in [5.41, 5.74) is 0.522. The van der Waals surface area contributed by atoms with Crippen LogP contribution in [-0.4, -0.2) is 29.1 Å². The molecule has 1 fully saturated rings. The molecule has 1 saturated heterocycles. The Morgan fingerprint density at radius 3 is 2.41 bits per heavy atom. The summed E-state index contributed by atoms with van der Waals surface area (Å²) in [6, 6.07) is 0. The molecule has 0 radical (unpaired) electrons. The normalized spacial score (nSPS) is 19.4. The molecule has 0 bridgehead atoms. The van der Waals surface area contributed by atoms with Gasteiger partial charge in [0.1, 0.15) is 0 Å². The first-order valence-electron chi connectivity index (χ1n) is 5.85. The van der Waals surface area contributed by atoms with Crippen molar-refractivity contribution < 1.29 is 9.90 Å². The van der Waals surface area contributed by atoms with Crippen molar-refractivity contribution in [3.8, 4) is 0 Å². The van der Waals surface area contributed by atoms with Crippen molar-refractivity contribution in [3.05, 3.63) is 10.6 Å². The van der Waals surface area contributed by atoms with Crippen LogP contribution in [0.15, 0.2) is 0 Å². The van der Waals surface area contributed by atoms with Gasteiger partial charge >= 0.3 is 5.97 Å². The Kier molecular flexibility index (Phi) is 3.12. The molecule has 0 unspecified atom stereocenters. The second kappa shape index (κ2) is 4.29. The predicted molar refractivity (Wildman–Crippen MR) is 68.8 cm³/mol. The van der Waals surface area contributed by atoms with Gasteiger partial charge in [0.2, 0.25) is 0 Å². The van der Waals surface area contributed by atoms with E-state index in [9.17, 15) is 9.90 Å². The van der Waals surface area contributed by atoms with Gasteiger partial charge in [0.25, 0.3) is 0 Å². The molecule has 0 atom stereocenters. The quantitative estimate of drug-likeness (QED) is 0.880. The summed E-state index contributed by atoms with van der Waals surface area (Å²) < 4.78 is 0. The fourth-order valence-corrected chi connectivity index (χ4v) is 2.96. The standard InChI is InChI=1S/C12H18N2O2S/c1-8-9(2)17-11(13-8)14-6-4-12(3,5-7-14)10(15)16/h4-7H2,1-3H3,(H,15,16). The van der Waals surface area contributed by atoms with Crippen LogP contribution in [0.25, 0.3) is 0 Å². The van der Waals surface area contributed by atoms with Crippen molar-refractivity contribution in [3.63, 3.8) is 0 Å². The number of anilines is 1. The predicted octanol–water partition coefficient (Wildman–Crippen LogP) is 2.45. The van der Waals surface area contributed by atoms with Crippen molar-refractivity contribution >= 4 is 22.4 Å². The fourth-order valence-electron chi connectivity index (χ4n) is 2.00. The van der Waals surface area contributed by atoms with Crippen molar-refractivity contribution in [2.75, 3.05) is 18.0 Å². The summed E-state index contributed by atoms with van der Waals surface area (Å²) >= 11 is 1.70. The molecule has 2 heterocycles. The molecule has 0 amide bonds. The lowest BCUT2D eigenvalue weighted by Crippen LogP contribution is -2.42. The largest absolute Gasteiger partial charge is 0.481 e. The number of thiazole rings is 1. The minimum Gasteiger partial charge on any atom is -0.481 e. The molecule has 1 aliphatic rings. The average molecular weight is 254 g/mol. The summed E-state index contributed by atoms with van der Waals surface area (Å²) in [7, 11) is 0. The third kappa shape index (κ3) is 2.29. The molecule has 1 aromatic rings. The first kappa shape index (κ1) is 12.4. The zero-order valence-electron chi connectivity index (χ0n) is 10.5. The van der Waals surface area contributed by atoms with Crippen LogP contribution >= 0.6 is 11.3 Å². The average Bonchev–Trinajstić information content (AvgIpc) is 2.60. The molecule has 0 aromatic carbocycles. The van der Waals surface area contributed by atoms with Crippen LogP contribution in [0.2, 0.25) is 0 Å². The highest BCUT2D eigenvalue weighted by molar-refractivity contribution is 7.15. The van der Waals surface area contributed by atoms with Gasteiger partial charge in [0, 0.05) is 18.0 Å². The zero-order chi connectivity index (χ0) is 12.6. The maximum atomic E-state index is 11.1. The number of carboxylic acids is 1. The van der Waals surface area contributed by atoms with E-state index in [1.165, 1.54) is 4.88 Å². The van der Waals surface area contributed by atoms with Crippen molar-refractivity contribution in [1.82, 2.24) is 4.98 Å². The molecule has 0 aliphatic carbocycles. The third-order valence-electron chi connectivity index (χ3n) is 3.67. The Morgan fingerprint density at radius 1 is 1.41 bits per heavy atom. The number of aromatic nitrogens is 1. The van der Waals surface area contributed by atoms with Gasteiger partial charge in [-0.15, -0.1) is 11.3 Å². The molecular formula is C12H18N2O2S. The fraction of sp³-hybridized carbons (Fsp3) is 0.667. The van der Waals surface area contributed by atoms with Gasteiger partial charge in [0.15, 0.2) is 5.13 Å². The number of aryl methyl sites for hydroxylation is 2. The van der Waals surface area contributed by atoms with Crippen LogP contribution in [0.3, 0.4) is 0 Å². The van der Waals surface area contributed by atoms with E-state index < -0.39 is 11.4 Å². The lowest BCUT2D eigenvalue weighted by Gasteiger charge is -2.36. The zero-order valence-corrected chi connectivity index (χ0v) is 11.3. The first-order chi connectivity index (χ1) is 7.92. The van der Waals surface area contributed by atoms with Gasteiger partial charge in [-0.05, 0) is 33.6 Å². The topological polar surface area (TPSA) is 53.4 Å². The van der Waals surface area contributed by atoms with Crippen molar-refractivity contribution in [1.29, 1.82) is 0 Å². The molecule has 17 heavy (non-hydrogen) atoms. The van der Waals surface area contributed by atoms with E-state index in [0.29, 0.717) is 12.8 Å². The van der Waals surface area contributed by atoms with Crippen LogP contribution in [0.5, 0.6) is 0 Å². The van der Waals surface area contributed by atoms with E-state index in [-0.39, 0.29) is 0 Å². The second-order valence-electron chi connectivity index (χ2n) is 4.99. The first-order valence-corrected chi connectivity index (χ1v) is 6.66. The molecule has 1 aromatic heterocycles. The van der Waals surface area contributed by atoms with E-state index in [2.05, 4.69) is 16.8 Å². The third-order valence-corrected chi connectivity index (χ3v) is 4.80. The summed E-state index contributed by atoms with van der Waals surface area (Å²) in [5.74, 6) is -0.677. The number of carbonyl (C=O) groups is 1. The van der Waals surface area contributed by atoms with E-state index in [0.717, 1.165) is 23.9 Å². The number of hydrogen-bond donors (Lipinski definition) is 1. The highest BCUT2D eigenvalue weighted by Crippen LogP contribution is 2.35. The Balaban J connectivity index is 2.07. The monoisotopic (exact) mass is 254 g/mol. The van der Waals surface area contributed by atoms with E-state index >= 15 is 0 Å². The molecular weight excluding hydrogens is 236 g/mol. The van der Waals surface area contributed by atoms with Gasteiger partial charge in [0.05, 0.1) is 11.1 Å². The molecule has 0 spiro atoms. The lowest BCUT2D eigenvalue weighted by molar-refractivity contribution is -0.149. The maximum absolute atomic E-state index is 11.1. The molecule has 5 heteroatoms. The van der Waals surface area contributed by atoms with E-state index in [4.69, 9.17) is 0 Å². The SMILES string of the molecule is Cc1nc(N2CCC(C)(C(=O)O)CC2)sc1C. The highest BCUT2D eigenvalue weighted by atomic mass is 32.1. The molecule has 1 aliphatic heterocycles. The van der Waals surface area contributed by atoms with Crippen LogP contribution in [-0.2, 0) is 4.79 Å². The van der Waals surface area contributed by atoms with Crippen molar-refractivity contribution in [2.45, 2.75) is 33.6 Å². The number of carboxylic acid groups (broad SMARTS) is 1. The molecule has 4 nitrogen and oxygen atoms in total. The van der Waals surface area contributed by atoms with Gasteiger partial charge < -0.3 is 10.0 Å². The molecule has 0 saturated carbocycles. The van der Waals surface area contributed by atoms with Crippen LogP contribution in [0, 0.1) is 19.3 Å². The minimum atomic E-state index is -0.677. The van der Waals surface area contributed by atoms with E-state index in [1.807, 2.05) is 13.8 Å². The van der Waals surface area contributed by atoms with Gasteiger partial charge in [-0.1, -0.05) is 0 Å². The minimum absolute atomic E-state index is 0.558. The lowest BCUT2D eigenvalue weighted by atomic mass is 9.81. The summed E-state index contributed by atoms with van der Waals surface area (Å²) in [6.07, 6.45) is 1.39. The smallest absolute Gasteiger partial charge is 0.309 e. The molecule has 1 N–H and O–H groups in total. The Hall–Kier alpha value is -1.10. The Bertz CT molecular complexity index is 414. The summed E-state index contributed by atoms with van der Waals surface area (Å²) in [5, 5.41) is 10.2. The molecule has 2 rings (SSSR count). The van der Waals surface area contributed by atoms with Crippen LogP contribution in [0.1, 0.15) is 30.3 Å². The van der Waals surface area contributed by atoms with Crippen LogP contribution in [0.4, 0.5) is 5.13 Å². The number of nitrogens with zero attached hydrogens (tertiary/aromatic N) is 2. The molecule has 94 valence electrons. The van der Waals surface area contributed by atoms with Crippen LogP contribution < -0.4 is 4.90 Å². The highest BCUT2D eigenvalue weighted by Gasteiger charge is 2.37. The summed E-state index contributed by atoms with van der Waals surface area (Å²) in [6.45, 7) is 7.50. The number of piperidine rings is 1. The Morgan fingerprint density at radius 2 is 2.00 bits per heavy atom. The second-order valence-corrected chi connectivity index (χ2v) is 6.17. The number of rotatable bonds is 2. The maximum Gasteiger partial charge on any atom is 0.309 e. The Labute approximate surface area is 105 Å². The van der Waals surface area contributed by atoms with Gasteiger partial charge in [-0.25, -0.2) is 4.98 Å². The van der Waals surface area contributed by atoms with E-state index in [1.54, 1.807) is 11.3 Å². The van der Waals surface area contributed by atoms with Gasteiger partial charge in [-0.3, -0.25) is 4.79 Å². The number of aliphatic carboxylic acids is 1. The number of hydrogen-bond acceptors (Lipinski definition) is 4.